The number of hydrogen-bond donors (Lipinski definition) is 0. The van der Waals surface area contributed by atoms with E-state index >= 15 is 0 Å². The van der Waals surface area contributed by atoms with E-state index in [4.69, 9.17) is 9.47 Å². The van der Waals surface area contributed by atoms with E-state index in [0.717, 1.165) is 57.8 Å². The zero-order chi connectivity index (χ0) is 32.5. The van der Waals surface area contributed by atoms with Crippen molar-refractivity contribution in [3.63, 3.8) is 0 Å². The molecule has 258 valence electrons. The molecule has 0 radical (unpaired) electrons. The molecule has 1 aromatic rings. The highest BCUT2D eigenvalue weighted by atomic mass is 16.5. The maximum atomic E-state index is 12.5. The van der Waals surface area contributed by atoms with Gasteiger partial charge in [0.15, 0.2) is 0 Å². The van der Waals surface area contributed by atoms with Crippen LogP contribution in [0.15, 0.2) is 42.5 Å². The molecule has 0 saturated carbocycles. The lowest BCUT2D eigenvalue weighted by atomic mass is 10.0. The third kappa shape index (κ3) is 26.8. The highest BCUT2D eigenvalue weighted by Gasteiger charge is 2.14. The average Bonchev–Trinajstić information content (AvgIpc) is 3.05. The van der Waals surface area contributed by atoms with Crippen LogP contribution in [0, 0.1) is 0 Å². The molecule has 0 amide bonds. The molecule has 1 rings (SSSR count). The number of ether oxygens (including phenoxy) is 2. The smallest absolute Gasteiger partial charge is 0.338 e. The molecule has 0 bridgehead atoms. The van der Waals surface area contributed by atoms with Crippen molar-refractivity contribution >= 4 is 11.9 Å². The van der Waals surface area contributed by atoms with E-state index in [2.05, 4.69) is 26.0 Å². The molecule has 4 heteroatoms. The number of rotatable bonds is 32. The van der Waals surface area contributed by atoms with Crippen molar-refractivity contribution in [2.75, 3.05) is 6.61 Å². The van der Waals surface area contributed by atoms with Crippen molar-refractivity contribution in [1.29, 1.82) is 0 Å². The predicted molar refractivity (Wildman–Crippen MR) is 192 cm³/mol. The topological polar surface area (TPSA) is 52.6 Å². The summed E-state index contributed by atoms with van der Waals surface area (Å²) in [7, 11) is 0. The summed E-state index contributed by atoms with van der Waals surface area (Å²) in [6.07, 6.45) is 36.7. The standard InChI is InChI=1S/C41H70O4/c1-3-5-7-9-10-11-12-13-14-15-18-21-24-31-37-44-40(42)36-30-23-20-17-16-19-22-29-35-39(34-28-8-6-4-2)45-41(43)38-32-26-25-27-33-38/h22,25-27,29,32-33,39H,3-21,23-24,28,30-31,34-37H2,1-2H3/b29-22+. The molecule has 0 spiro atoms. The third-order valence-corrected chi connectivity index (χ3v) is 8.74. The van der Waals surface area contributed by atoms with Crippen LogP contribution in [0.5, 0.6) is 0 Å². The Balaban J connectivity index is 1.95. The first kappa shape index (κ1) is 40.9. The van der Waals surface area contributed by atoms with Gasteiger partial charge in [0.05, 0.1) is 12.2 Å². The van der Waals surface area contributed by atoms with Gasteiger partial charge >= 0.3 is 11.9 Å². The molecule has 1 aromatic carbocycles. The summed E-state index contributed by atoms with van der Waals surface area (Å²) in [4.78, 5) is 24.6. The van der Waals surface area contributed by atoms with E-state index in [0.29, 0.717) is 18.6 Å². The Hall–Kier alpha value is -2.10. The number of carbonyl (C=O) groups is 2. The highest BCUT2D eigenvalue weighted by molar-refractivity contribution is 5.89. The Kier molecular flexibility index (Phi) is 29.0. The summed E-state index contributed by atoms with van der Waals surface area (Å²) in [5.41, 5.74) is 0.623. The lowest BCUT2D eigenvalue weighted by Gasteiger charge is -2.16. The number of esters is 2. The van der Waals surface area contributed by atoms with E-state index in [1.165, 1.54) is 109 Å². The van der Waals surface area contributed by atoms with Gasteiger partial charge < -0.3 is 9.47 Å². The van der Waals surface area contributed by atoms with Gasteiger partial charge in [0.2, 0.25) is 0 Å². The van der Waals surface area contributed by atoms with Crippen LogP contribution in [0.1, 0.15) is 198 Å². The van der Waals surface area contributed by atoms with Crippen LogP contribution in [-0.2, 0) is 14.3 Å². The van der Waals surface area contributed by atoms with Crippen molar-refractivity contribution in [2.45, 2.75) is 193 Å². The van der Waals surface area contributed by atoms with Crippen LogP contribution >= 0.6 is 0 Å². The van der Waals surface area contributed by atoms with E-state index in [9.17, 15) is 9.59 Å². The maximum Gasteiger partial charge on any atom is 0.338 e. The first-order valence-corrected chi connectivity index (χ1v) is 19.2. The molecule has 0 fully saturated rings. The molecule has 4 nitrogen and oxygen atoms in total. The van der Waals surface area contributed by atoms with Crippen molar-refractivity contribution in [2.24, 2.45) is 0 Å². The van der Waals surface area contributed by atoms with E-state index in [-0.39, 0.29) is 18.0 Å². The molecule has 0 heterocycles. The zero-order valence-corrected chi connectivity index (χ0v) is 29.6. The fourth-order valence-corrected chi connectivity index (χ4v) is 5.80. The minimum atomic E-state index is -0.219. The highest BCUT2D eigenvalue weighted by Crippen LogP contribution is 2.16. The maximum absolute atomic E-state index is 12.5. The van der Waals surface area contributed by atoms with Gasteiger partial charge in [-0.05, 0) is 50.7 Å². The number of hydrogen-bond acceptors (Lipinski definition) is 4. The first-order chi connectivity index (χ1) is 22.2. The Morgan fingerprint density at radius 2 is 1.11 bits per heavy atom. The second-order valence-electron chi connectivity index (χ2n) is 13.1. The number of unbranched alkanes of at least 4 members (excludes halogenated alkanes) is 21. The lowest BCUT2D eigenvalue weighted by Crippen LogP contribution is -2.18. The summed E-state index contributed by atoms with van der Waals surface area (Å²) < 4.78 is 11.3. The molecule has 0 aromatic heterocycles. The van der Waals surface area contributed by atoms with Gasteiger partial charge in [-0.2, -0.15) is 0 Å². The zero-order valence-electron chi connectivity index (χ0n) is 29.6. The van der Waals surface area contributed by atoms with E-state index in [1.807, 2.05) is 30.3 Å². The summed E-state index contributed by atoms with van der Waals surface area (Å²) in [5, 5.41) is 0. The van der Waals surface area contributed by atoms with Crippen LogP contribution in [0.4, 0.5) is 0 Å². The largest absolute Gasteiger partial charge is 0.466 e. The first-order valence-electron chi connectivity index (χ1n) is 19.2. The SMILES string of the molecule is CCCCCCCCCCCCCCCCOC(=O)CCCCCCC/C=C/CC(CCCCCC)OC(=O)c1ccccc1. The van der Waals surface area contributed by atoms with Crippen molar-refractivity contribution in [3.8, 4) is 0 Å². The molecule has 0 saturated heterocycles. The van der Waals surface area contributed by atoms with Crippen LogP contribution in [0.3, 0.4) is 0 Å². The van der Waals surface area contributed by atoms with Crippen LogP contribution in [-0.4, -0.2) is 24.6 Å². The van der Waals surface area contributed by atoms with E-state index in [1.54, 1.807) is 0 Å². The Morgan fingerprint density at radius 3 is 1.71 bits per heavy atom. The quantitative estimate of drug-likeness (QED) is 0.0453. The van der Waals surface area contributed by atoms with Crippen molar-refractivity contribution in [3.05, 3.63) is 48.0 Å². The van der Waals surface area contributed by atoms with Gasteiger partial charge in [-0.25, -0.2) is 4.79 Å². The molecule has 0 N–H and O–H groups in total. The summed E-state index contributed by atoms with van der Waals surface area (Å²) in [6, 6.07) is 9.30. The molecular formula is C41H70O4. The second kappa shape index (κ2) is 31.9. The van der Waals surface area contributed by atoms with Gasteiger partial charge in [0, 0.05) is 12.8 Å². The number of carbonyl (C=O) groups excluding carboxylic acids is 2. The van der Waals surface area contributed by atoms with Crippen LogP contribution in [0.25, 0.3) is 0 Å². The molecule has 0 aliphatic heterocycles. The van der Waals surface area contributed by atoms with Gasteiger partial charge in [-0.15, -0.1) is 0 Å². The molecule has 0 aliphatic carbocycles. The van der Waals surface area contributed by atoms with Gasteiger partial charge in [0.1, 0.15) is 6.10 Å². The normalized spacial score (nSPS) is 12.0. The van der Waals surface area contributed by atoms with Gasteiger partial charge in [0.25, 0.3) is 0 Å². The summed E-state index contributed by atoms with van der Waals surface area (Å²) >= 11 is 0. The Bertz CT molecular complexity index is 818. The van der Waals surface area contributed by atoms with Crippen LogP contribution in [0.2, 0.25) is 0 Å². The molecule has 45 heavy (non-hydrogen) atoms. The third-order valence-electron chi connectivity index (χ3n) is 8.74. The molecular weight excluding hydrogens is 556 g/mol. The van der Waals surface area contributed by atoms with E-state index < -0.39 is 0 Å². The predicted octanol–water partition coefficient (Wildman–Crippen LogP) is 12.9. The average molecular weight is 627 g/mol. The van der Waals surface area contributed by atoms with Gasteiger partial charge in [-0.1, -0.05) is 166 Å². The fraction of sp³-hybridized carbons (Fsp3) is 0.756. The molecule has 1 unspecified atom stereocenters. The number of benzene rings is 1. The summed E-state index contributed by atoms with van der Waals surface area (Å²) in [6.45, 7) is 5.09. The number of allylic oxidation sites excluding steroid dienone is 1. The second-order valence-corrected chi connectivity index (χ2v) is 13.1. The Labute approximate surface area is 278 Å². The lowest BCUT2D eigenvalue weighted by molar-refractivity contribution is -0.143. The summed E-state index contributed by atoms with van der Waals surface area (Å²) in [5.74, 6) is -0.243. The fourth-order valence-electron chi connectivity index (χ4n) is 5.80. The van der Waals surface area contributed by atoms with Crippen molar-refractivity contribution < 1.29 is 19.1 Å². The molecule has 0 aliphatic rings. The molecule has 1 atom stereocenters. The minimum absolute atomic E-state index is 0.0233. The minimum Gasteiger partial charge on any atom is -0.466 e. The van der Waals surface area contributed by atoms with Gasteiger partial charge in [-0.3, -0.25) is 4.79 Å². The van der Waals surface area contributed by atoms with Crippen LogP contribution < -0.4 is 0 Å². The monoisotopic (exact) mass is 627 g/mol. The Morgan fingerprint density at radius 1 is 0.600 bits per heavy atom. The van der Waals surface area contributed by atoms with Crippen molar-refractivity contribution in [1.82, 2.24) is 0 Å².